The van der Waals surface area contributed by atoms with Gasteiger partial charge in [-0.15, -0.1) is 0 Å². The minimum Gasteiger partial charge on any atom is -0.481 e. The number of aryl methyl sites for hydroxylation is 1. The Kier molecular flexibility index (Phi) is 3.47. The molecule has 0 aromatic carbocycles. The number of amides is 1. The van der Waals surface area contributed by atoms with Gasteiger partial charge in [0.2, 0.25) is 0 Å². The molecule has 6 nitrogen and oxygen atoms in total. The van der Waals surface area contributed by atoms with Crippen molar-refractivity contribution in [2.24, 2.45) is 13.0 Å². The van der Waals surface area contributed by atoms with Gasteiger partial charge in [-0.05, 0) is 38.5 Å². The van der Waals surface area contributed by atoms with Crippen LogP contribution in [0.25, 0.3) is 0 Å². The second kappa shape index (κ2) is 5.16. The summed E-state index contributed by atoms with van der Waals surface area (Å²) in [6.45, 7) is 1.90. The molecule has 2 aliphatic rings. The number of carboxylic acids is 1. The third kappa shape index (κ3) is 2.43. The molecule has 2 atom stereocenters. The maximum absolute atomic E-state index is 12.8. The lowest BCUT2D eigenvalue weighted by Gasteiger charge is -2.38. The first kappa shape index (κ1) is 14.1. The van der Waals surface area contributed by atoms with Gasteiger partial charge < -0.3 is 10.0 Å². The molecule has 2 saturated heterocycles. The van der Waals surface area contributed by atoms with Gasteiger partial charge in [0.25, 0.3) is 5.91 Å². The van der Waals surface area contributed by atoms with Crippen molar-refractivity contribution in [3.63, 3.8) is 0 Å². The average molecular weight is 291 g/mol. The third-order valence-corrected chi connectivity index (χ3v) is 4.99. The van der Waals surface area contributed by atoms with E-state index in [9.17, 15) is 9.59 Å². The molecule has 3 rings (SSSR count). The van der Waals surface area contributed by atoms with Gasteiger partial charge in [0.15, 0.2) is 0 Å². The second-order valence-corrected chi connectivity index (χ2v) is 6.30. The van der Waals surface area contributed by atoms with E-state index in [0.29, 0.717) is 5.56 Å². The monoisotopic (exact) mass is 291 g/mol. The van der Waals surface area contributed by atoms with Crippen molar-refractivity contribution in [2.45, 2.75) is 51.1 Å². The van der Waals surface area contributed by atoms with E-state index in [1.54, 1.807) is 10.9 Å². The fourth-order valence-corrected chi connectivity index (χ4v) is 3.88. The normalized spacial score (nSPS) is 27.9. The van der Waals surface area contributed by atoms with Crippen LogP contribution in [-0.2, 0) is 11.8 Å². The zero-order valence-corrected chi connectivity index (χ0v) is 12.5. The van der Waals surface area contributed by atoms with Crippen LogP contribution < -0.4 is 0 Å². The predicted molar refractivity (Wildman–Crippen MR) is 75.9 cm³/mol. The summed E-state index contributed by atoms with van der Waals surface area (Å²) in [5.41, 5.74) is 1.55. The van der Waals surface area contributed by atoms with E-state index >= 15 is 0 Å². The van der Waals surface area contributed by atoms with Gasteiger partial charge >= 0.3 is 5.97 Å². The Balaban J connectivity index is 1.77. The minimum absolute atomic E-state index is 0.0573. The predicted octanol–water partition coefficient (Wildman–Crippen LogP) is 1.59. The highest BCUT2D eigenvalue weighted by atomic mass is 16.4. The van der Waals surface area contributed by atoms with E-state index in [1.165, 1.54) is 0 Å². The average Bonchev–Trinajstić information content (AvgIpc) is 2.87. The molecule has 1 aromatic heterocycles. The molecule has 0 spiro atoms. The van der Waals surface area contributed by atoms with Crippen molar-refractivity contribution in [3.8, 4) is 0 Å². The summed E-state index contributed by atoms with van der Waals surface area (Å²) in [7, 11) is 1.83. The highest BCUT2D eigenvalue weighted by Gasteiger charge is 2.44. The Labute approximate surface area is 123 Å². The van der Waals surface area contributed by atoms with Gasteiger partial charge in [0.1, 0.15) is 0 Å². The van der Waals surface area contributed by atoms with Crippen molar-refractivity contribution in [2.75, 3.05) is 0 Å². The Hall–Kier alpha value is -1.85. The molecular formula is C15H21N3O3. The number of carboxylic acid groups (broad SMARTS) is 1. The quantitative estimate of drug-likeness (QED) is 0.917. The Bertz CT molecular complexity index is 567. The van der Waals surface area contributed by atoms with Crippen molar-refractivity contribution >= 4 is 11.9 Å². The molecular weight excluding hydrogens is 270 g/mol. The Morgan fingerprint density at radius 2 is 1.95 bits per heavy atom. The van der Waals surface area contributed by atoms with Crippen LogP contribution in [0.4, 0.5) is 0 Å². The van der Waals surface area contributed by atoms with Crippen LogP contribution in [0.2, 0.25) is 0 Å². The van der Waals surface area contributed by atoms with Gasteiger partial charge in [-0.3, -0.25) is 14.3 Å². The van der Waals surface area contributed by atoms with Gasteiger partial charge in [-0.1, -0.05) is 0 Å². The molecule has 114 valence electrons. The molecule has 21 heavy (non-hydrogen) atoms. The fraction of sp³-hybridized carbons (Fsp3) is 0.667. The molecule has 2 bridgehead atoms. The first-order valence-electron chi connectivity index (χ1n) is 7.50. The van der Waals surface area contributed by atoms with Crippen molar-refractivity contribution < 1.29 is 14.7 Å². The van der Waals surface area contributed by atoms with Crippen LogP contribution in [0.3, 0.4) is 0 Å². The minimum atomic E-state index is -0.734. The van der Waals surface area contributed by atoms with E-state index in [4.69, 9.17) is 5.11 Å². The second-order valence-electron chi connectivity index (χ2n) is 6.30. The summed E-state index contributed by atoms with van der Waals surface area (Å²) in [5.74, 6) is -0.469. The van der Waals surface area contributed by atoms with Crippen LogP contribution in [0.5, 0.6) is 0 Å². The van der Waals surface area contributed by atoms with E-state index in [0.717, 1.165) is 31.4 Å². The fourth-order valence-electron chi connectivity index (χ4n) is 3.88. The number of hydrogen-bond acceptors (Lipinski definition) is 3. The molecule has 6 heteroatoms. The van der Waals surface area contributed by atoms with E-state index < -0.39 is 5.97 Å². The third-order valence-electron chi connectivity index (χ3n) is 4.99. The van der Waals surface area contributed by atoms with E-state index in [2.05, 4.69) is 5.10 Å². The number of fused-ring (bicyclic) bond motifs is 2. The van der Waals surface area contributed by atoms with Crippen LogP contribution >= 0.6 is 0 Å². The molecule has 1 aromatic rings. The molecule has 2 fully saturated rings. The van der Waals surface area contributed by atoms with Crippen molar-refractivity contribution in [3.05, 3.63) is 17.5 Å². The summed E-state index contributed by atoms with van der Waals surface area (Å²) in [5, 5.41) is 13.1. The van der Waals surface area contributed by atoms with Crippen LogP contribution in [-0.4, -0.2) is 43.7 Å². The maximum atomic E-state index is 12.8. The molecule has 2 unspecified atom stereocenters. The molecule has 1 N–H and O–H groups in total. The van der Waals surface area contributed by atoms with Gasteiger partial charge in [0.05, 0.1) is 11.8 Å². The van der Waals surface area contributed by atoms with E-state index in [1.807, 2.05) is 18.9 Å². The lowest BCUT2D eigenvalue weighted by Crippen LogP contribution is -2.47. The maximum Gasteiger partial charge on any atom is 0.303 e. The van der Waals surface area contributed by atoms with Gasteiger partial charge in [-0.25, -0.2) is 0 Å². The number of carbonyl (C=O) groups excluding carboxylic acids is 1. The number of piperidine rings is 1. The molecule has 0 radical (unpaired) electrons. The zero-order valence-electron chi connectivity index (χ0n) is 12.5. The summed E-state index contributed by atoms with van der Waals surface area (Å²) in [4.78, 5) is 25.7. The highest BCUT2D eigenvalue weighted by molar-refractivity contribution is 5.95. The number of nitrogens with zero attached hydrogens (tertiary/aromatic N) is 3. The number of rotatable bonds is 3. The van der Waals surface area contributed by atoms with Crippen LogP contribution in [0, 0.1) is 12.8 Å². The topological polar surface area (TPSA) is 75.4 Å². The number of hydrogen-bond donors (Lipinski definition) is 1. The first-order chi connectivity index (χ1) is 9.97. The lowest BCUT2D eigenvalue weighted by atomic mass is 9.88. The summed E-state index contributed by atoms with van der Waals surface area (Å²) < 4.78 is 1.71. The smallest absolute Gasteiger partial charge is 0.303 e. The summed E-state index contributed by atoms with van der Waals surface area (Å²) in [6, 6.07) is 0.389. The van der Waals surface area contributed by atoms with E-state index in [-0.39, 0.29) is 30.3 Å². The molecule has 1 amide bonds. The van der Waals surface area contributed by atoms with Crippen LogP contribution in [0.1, 0.15) is 48.2 Å². The lowest BCUT2D eigenvalue weighted by molar-refractivity contribution is -0.138. The van der Waals surface area contributed by atoms with Gasteiger partial charge in [0, 0.05) is 31.2 Å². The van der Waals surface area contributed by atoms with Gasteiger partial charge in [-0.2, -0.15) is 5.10 Å². The standard InChI is InChI=1S/C15H21N3O3/c1-9-13(8-16-17(9)2)15(21)18-11-3-4-12(18)6-10(5-11)7-14(19)20/h8,10-12H,3-7H2,1-2H3,(H,19,20). The number of aromatic nitrogens is 2. The largest absolute Gasteiger partial charge is 0.481 e. The van der Waals surface area contributed by atoms with Crippen molar-refractivity contribution in [1.82, 2.24) is 14.7 Å². The highest BCUT2D eigenvalue weighted by Crippen LogP contribution is 2.40. The number of aliphatic carboxylic acids is 1. The van der Waals surface area contributed by atoms with Crippen LogP contribution in [0.15, 0.2) is 6.20 Å². The molecule has 0 aliphatic carbocycles. The molecule has 0 saturated carbocycles. The van der Waals surface area contributed by atoms with Crippen molar-refractivity contribution in [1.29, 1.82) is 0 Å². The summed E-state index contributed by atoms with van der Waals surface area (Å²) in [6.07, 6.45) is 5.47. The SMILES string of the molecule is Cc1c(C(=O)N2C3CCC2CC(CC(=O)O)C3)cnn1C. The molecule has 2 aliphatic heterocycles. The number of carbonyl (C=O) groups is 2. The zero-order chi connectivity index (χ0) is 15.1. The first-order valence-corrected chi connectivity index (χ1v) is 7.50. The Morgan fingerprint density at radius 1 is 1.33 bits per heavy atom. The summed E-state index contributed by atoms with van der Waals surface area (Å²) >= 11 is 0. The molecule has 3 heterocycles. The Morgan fingerprint density at radius 3 is 2.43 bits per heavy atom.